The third-order valence-electron chi connectivity index (χ3n) is 6.31. The number of hydrogen-bond acceptors (Lipinski definition) is 5. The maximum atomic E-state index is 15.1. The van der Waals surface area contributed by atoms with Crippen molar-refractivity contribution >= 4 is 5.91 Å². The Labute approximate surface area is 193 Å². The Bertz CT molecular complexity index is 1120. The van der Waals surface area contributed by atoms with Gasteiger partial charge in [0.2, 0.25) is 0 Å². The molecule has 12 heteroatoms. The zero-order valence-corrected chi connectivity index (χ0v) is 19.0. The summed E-state index contributed by atoms with van der Waals surface area (Å²) in [6.07, 6.45) is -3.51. The van der Waals surface area contributed by atoms with Gasteiger partial charge in [-0.15, -0.1) is 5.10 Å². The average molecular weight is 485 g/mol. The molecule has 8 nitrogen and oxygen atoms in total. The third kappa shape index (κ3) is 4.96. The van der Waals surface area contributed by atoms with E-state index in [0.717, 1.165) is 49.7 Å². The monoisotopic (exact) mass is 485 g/mol. The van der Waals surface area contributed by atoms with Crippen LogP contribution in [0.2, 0.25) is 0 Å². The number of nitrogens with zero attached hydrogens (tertiary/aromatic N) is 4. The van der Waals surface area contributed by atoms with Crippen LogP contribution in [-0.4, -0.2) is 63.6 Å². The number of aromatic nitrogens is 3. The van der Waals surface area contributed by atoms with E-state index in [2.05, 4.69) is 15.3 Å². The molecule has 2 aliphatic heterocycles. The first kappa shape index (κ1) is 24.2. The molecule has 2 aromatic rings. The van der Waals surface area contributed by atoms with Gasteiger partial charge in [0.1, 0.15) is 23.1 Å². The Balaban J connectivity index is 1.71. The fourth-order valence-corrected chi connectivity index (χ4v) is 4.21. The van der Waals surface area contributed by atoms with Crippen LogP contribution in [-0.2, 0) is 13.0 Å². The molecule has 34 heavy (non-hydrogen) atoms. The average Bonchev–Trinajstić information content (AvgIpc) is 3.12. The van der Waals surface area contributed by atoms with Gasteiger partial charge >= 0.3 is 11.9 Å². The first-order valence-electron chi connectivity index (χ1n) is 11.3. The van der Waals surface area contributed by atoms with Gasteiger partial charge in [0.05, 0.1) is 5.56 Å². The van der Waals surface area contributed by atoms with Gasteiger partial charge in [0.15, 0.2) is 6.10 Å². The number of halogens is 4. The van der Waals surface area contributed by atoms with Gasteiger partial charge in [0.25, 0.3) is 5.91 Å². The van der Waals surface area contributed by atoms with E-state index in [4.69, 9.17) is 4.74 Å². The molecule has 3 heterocycles. The van der Waals surface area contributed by atoms with E-state index in [1.165, 1.54) is 4.57 Å². The fourth-order valence-electron chi connectivity index (χ4n) is 4.21. The van der Waals surface area contributed by atoms with Crippen molar-refractivity contribution in [2.24, 2.45) is 0 Å². The van der Waals surface area contributed by atoms with E-state index < -0.39 is 35.4 Å². The van der Waals surface area contributed by atoms with E-state index in [1.54, 1.807) is 0 Å². The Morgan fingerprint density at radius 3 is 2.56 bits per heavy atom. The van der Waals surface area contributed by atoms with Crippen LogP contribution in [0, 0.1) is 5.82 Å². The Morgan fingerprint density at radius 2 is 1.91 bits per heavy atom. The maximum Gasteiger partial charge on any atom is 0.425 e. The number of piperidine rings is 1. The molecule has 1 aromatic heterocycles. The van der Waals surface area contributed by atoms with Crippen LogP contribution in [0.3, 0.4) is 0 Å². The molecule has 1 fully saturated rings. The number of benzene rings is 1. The summed E-state index contributed by atoms with van der Waals surface area (Å²) in [6.45, 7) is 2.73. The number of carbonyl (C=O) groups excluding carboxylic acids is 1. The summed E-state index contributed by atoms with van der Waals surface area (Å²) in [4.78, 5) is 27.8. The van der Waals surface area contributed by atoms with Crippen LogP contribution in [0.15, 0.2) is 16.9 Å². The van der Waals surface area contributed by atoms with E-state index >= 15 is 4.39 Å². The van der Waals surface area contributed by atoms with Crippen LogP contribution in [0.1, 0.15) is 48.8 Å². The molecule has 1 N–H and O–H groups in total. The smallest absolute Gasteiger partial charge is 0.425 e. The number of ether oxygens (including phenoxy) is 1. The molecule has 1 amide bonds. The largest absolute Gasteiger partial charge is 0.480 e. The summed E-state index contributed by atoms with van der Waals surface area (Å²) in [5, 5.41) is 6.93. The number of amides is 1. The van der Waals surface area contributed by atoms with Crippen LogP contribution in [0.25, 0.3) is 5.69 Å². The predicted molar refractivity (Wildman–Crippen MR) is 115 cm³/mol. The summed E-state index contributed by atoms with van der Waals surface area (Å²) in [5.41, 5.74) is -1.33. The Morgan fingerprint density at radius 1 is 1.21 bits per heavy atom. The quantitative estimate of drug-likeness (QED) is 0.659. The second kappa shape index (κ2) is 9.40. The molecule has 1 aromatic carbocycles. The van der Waals surface area contributed by atoms with Crippen LogP contribution < -0.4 is 15.7 Å². The number of nitrogens with one attached hydrogen (secondary N) is 1. The summed E-state index contributed by atoms with van der Waals surface area (Å²) in [7, 11) is 1.95. The lowest BCUT2D eigenvalue weighted by molar-refractivity contribution is -0.189. The van der Waals surface area contributed by atoms with Gasteiger partial charge in [-0.3, -0.25) is 9.36 Å². The van der Waals surface area contributed by atoms with Crippen molar-refractivity contribution in [1.82, 2.24) is 24.6 Å². The number of rotatable bonds is 5. The molecule has 0 saturated carbocycles. The SMILES string of the molecule is C[C@H](Oc1cc(-n2nc3n(c2=O)CCCC3)c(F)cc1C(=O)NC1CCN(C)CC1)C(F)(F)F. The number of hydrogen-bond donors (Lipinski definition) is 1. The van der Waals surface area contributed by atoms with Gasteiger partial charge in [0, 0.05) is 25.1 Å². The summed E-state index contributed by atoms with van der Waals surface area (Å²) >= 11 is 0. The van der Waals surface area contributed by atoms with Crippen molar-refractivity contribution in [2.75, 3.05) is 20.1 Å². The lowest BCUT2D eigenvalue weighted by atomic mass is 10.0. The standard InChI is InChI=1S/C22H27F4N5O3/c1-13(22(24,25)26)34-18-12-17(31-21(33)30-8-4-3-5-19(30)28-31)16(23)11-15(18)20(32)27-14-6-9-29(2)10-7-14/h11-14H,3-10H2,1-2H3,(H,27,32)/t13-/m0/s1. The zero-order valence-electron chi connectivity index (χ0n) is 19.0. The lowest BCUT2D eigenvalue weighted by Crippen LogP contribution is -2.43. The number of alkyl halides is 3. The van der Waals surface area contributed by atoms with Crippen molar-refractivity contribution in [2.45, 2.75) is 63.9 Å². The molecule has 1 saturated heterocycles. The van der Waals surface area contributed by atoms with Crippen molar-refractivity contribution < 1.29 is 27.1 Å². The number of carbonyl (C=O) groups is 1. The molecule has 2 aliphatic rings. The summed E-state index contributed by atoms with van der Waals surface area (Å²) in [6, 6.07) is 1.56. The highest BCUT2D eigenvalue weighted by Gasteiger charge is 2.39. The van der Waals surface area contributed by atoms with Crippen molar-refractivity contribution in [3.8, 4) is 11.4 Å². The molecule has 0 aliphatic carbocycles. The highest BCUT2D eigenvalue weighted by Crippen LogP contribution is 2.31. The van der Waals surface area contributed by atoms with E-state index in [0.29, 0.717) is 31.6 Å². The zero-order chi connectivity index (χ0) is 24.6. The highest BCUT2D eigenvalue weighted by atomic mass is 19.4. The second-order valence-electron chi connectivity index (χ2n) is 8.87. The van der Waals surface area contributed by atoms with Crippen molar-refractivity contribution in [1.29, 1.82) is 0 Å². The van der Waals surface area contributed by atoms with Gasteiger partial charge in [-0.05, 0) is 58.8 Å². The molecule has 0 radical (unpaired) electrons. The van der Waals surface area contributed by atoms with Crippen LogP contribution in [0.4, 0.5) is 17.6 Å². The number of fused-ring (bicyclic) bond motifs is 1. The van der Waals surface area contributed by atoms with E-state index in [9.17, 15) is 22.8 Å². The molecule has 0 bridgehead atoms. The Hall–Kier alpha value is -2.89. The molecular formula is C22H27F4N5O3. The minimum atomic E-state index is -4.71. The lowest BCUT2D eigenvalue weighted by Gasteiger charge is -2.29. The molecule has 0 unspecified atom stereocenters. The van der Waals surface area contributed by atoms with Gasteiger partial charge in [-0.1, -0.05) is 0 Å². The second-order valence-corrected chi connectivity index (χ2v) is 8.87. The van der Waals surface area contributed by atoms with Crippen molar-refractivity contribution in [3.05, 3.63) is 39.8 Å². The van der Waals surface area contributed by atoms with E-state index in [1.807, 2.05) is 7.05 Å². The predicted octanol–water partition coefficient (Wildman–Crippen LogP) is 2.66. The van der Waals surface area contributed by atoms with Crippen molar-refractivity contribution in [3.63, 3.8) is 0 Å². The normalized spacial score (nSPS) is 18.4. The van der Waals surface area contributed by atoms with Crippen LogP contribution >= 0.6 is 0 Å². The van der Waals surface area contributed by atoms with Gasteiger partial charge < -0.3 is 15.0 Å². The highest BCUT2D eigenvalue weighted by molar-refractivity contribution is 5.97. The summed E-state index contributed by atoms with van der Waals surface area (Å²) in [5.74, 6) is -1.69. The first-order chi connectivity index (χ1) is 16.0. The number of aryl methyl sites for hydroxylation is 1. The minimum Gasteiger partial charge on any atom is -0.480 e. The first-order valence-corrected chi connectivity index (χ1v) is 11.3. The molecule has 1 atom stereocenters. The topological polar surface area (TPSA) is 81.4 Å². The molecule has 4 rings (SSSR count). The van der Waals surface area contributed by atoms with Gasteiger partial charge in [-0.2, -0.15) is 17.9 Å². The fraction of sp³-hybridized carbons (Fsp3) is 0.591. The summed E-state index contributed by atoms with van der Waals surface area (Å²) < 4.78 is 62.1. The maximum absolute atomic E-state index is 15.1. The van der Waals surface area contributed by atoms with E-state index in [-0.39, 0.29) is 17.3 Å². The molecule has 0 spiro atoms. The van der Waals surface area contributed by atoms with Crippen LogP contribution in [0.5, 0.6) is 5.75 Å². The Kier molecular flexibility index (Phi) is 6.70. The molecule has 186 valence electrons. The molecular weight excluding hydrogens is 458 g/mol. The third-order valence-corrected chi connectivity index (χ3v) is 6.31. The number of likely N-dealkylation sites (tertiary alicyclic amines) is 1. The minimum absolute atomic E-state index is 0.193. The van der Waals surface area contributed by atoms with Gasteiger partial charge in [-0.25, -0.2) is 9.18 Å².